The second kappa shape index (κ2) is 6.52. The highest BCUT2D eigenvalue weighted by atomic mass is 32.2. The SMILES string of the molecule is Cc1ccc(S(=O)(=O)n2ccc(C(=O)NCc3ncn(C)n3)c2)cc1. The van der Waals surface area contributed by atoms with Crippen LogP contribution in [0.3, 0.4) is 0 Å². The number of hydrogen-bond acceptors (Lipinski definition) is 5. The van der Waals surface area contributed by atoms with Gasteiger partial charge in [0.05, 0.1) is 17.0 Å². The van der Waals surface area contributed by atoms with Crippen molar-refractivity contribution < 1.29 is 13.2 Å². The molecule has 2 aromatic heterocycles. The van der Waals surface area contributed by atoms with E-state index in [0.717, 1.165) is 9.54 Å². The first kappa shape index (κ1) is 16.9. The zero-order chi connectivity index (χ0) is 18.0. The van der Waals surface area contributed by atoms with Gasteiger partial charge in [-0.05, 0) is 25.1 Å². The van der Waals surface area contributed by atoms with Crippen molar-refractivity contribution in [2.45, 2.75) is 18.4 Å². The van der Waals surface area contributed by atoms with Crippen LogP contribution in [-0.4, -0.2) is 33.1 Å². The van der Waals surface area contributed by atoms with Crippen LogP contribution in [-0.2, 0) is 23.6 Å². The lowest BCUT2D eigenvalue weighted by atomic mass is 10.2. The van der Waals surface area contributed by atoms with Gasteiger partial charge in [0.25, 0.3) is 15.9 Å². The topological polar surface area (TPSA) is 98.9 Å². The smallest absolute Gasteiger partial charge is 0.267 e. The normalized spacial score (nSPS) is 11.4. The Morgan fingerprint density at radius 2 is 1.92 bits per heavy atom. The minimum Gasteiger partial charge on any atom is -0.345 e. The lowest BCUT2D eigenvalue weighted by Crippen LogP contribution is -2.23. The van der Waals surface area contributed by atoms with Crippen LogP contribution in [0.1, 0.15) is 21.7 Å². The molecule has 2 heterocycles. The van der Waals surface area contributed by atoms with E-state index < -0.39 is 15.9 Å². The molecule has 0 fully saturated rings. The summed E-state index contributed by atoms with van der Waals surface area (Å²) in [6, 6.07) is 7.98. The fourth-order valence-corrected chi connectivity index (χ4v) is 3.42. The second-order valence-corrected chi connectivity index (χ2v) is 7.41. The summed E-state index contributed by atoms with van der Waals surface area (Å²) in [6.45, 7) is 2.04. The Bertz CT molecular complexity index is 1000. The first-order valence-corrected chi connectivity index (χ1v) is 8.93. The molecule has 130 valence electrons. The summed E-state index contributed by atoms with van der Waals surface area (Å²) < 4.78 is 27.7. The lowest BCUT2D eigenvalue weighted by molar-refractivity contribution is 0.0950. The molecule has 9 heteroatoms. The maximum atomic E-state index is 12.6. The Labute approximate surface area is 145 Å². The average Bonchev–Trinajstić information content (AvgIpc) is 3.22. The monoisotopic (exact) mass is 359 g/mol. The summed E-state index contributed by atoms with van der Waals surface area (Å²) >= 11 is 0. The van der Waals surface area contributed by atoms with E-state index in [2.05, 4.69) is 15.4 Å². The third-order valence-electron chi connectivity index (χ3n) is 3.58. The molecule has 0 atom stereocenters. The van der Waals surface area contributed by atoms with E-state index in [9.17, 15) is 13.2 Å². The molecule has 0 radical (unpaired) electrons. The maximum Gasteiger partial charge on any atom is 0.267 e. The van der Waals surface area contributed by atoms with E-state index in [0.29, 0.717) is 5.82 Å². The van der Waals surface area contributed by atoms with Gasteiger partial charge in [0.2, 0.25) is 0 Å². The van der Waals surface area contributed by atoms with Gasteiger partial charge < -0.3 is 5.32 Å². The molecule has 0 bridgehead atoms. The molecule has 3 rings (SSSR count). The van der Waals surface area contributed by atoms with Gasteiger partial charge >= 0.3 is 0 Å². The first-order chi connectivity index (χ1) is 11.9. The highest BCUT2D eigenvalue weighted by molar-refractivity contribution is 7.90. The standard InChI is InChI=1S/C16H17N5O3S/c1-12-3-5-14(6-4-12)25(23,24)21-8-7-13(10-21)16(22)17-9-15-18-11-20(2)19-15/h3-8,10-11H,9H2,1-2H3,(H,17,22). The molecule has 1 N–H and O–H groups in total. The molecule has 25 heavy (non-hydrogen) atoms. The van der Waals surface area contributed by atoms with Gasteiger partial charge in [0.1, 0.15) is 6.33 Å². The molecule has 1 aromatic carbocycles. The molecule has 0 aliphatic heterocycles. The number of aryl methyl sites for hydroxylation is 2. The number of amides is 1. The van der Waals surface area contributed by atoms with Crippen molar-refractivity contribution in [3.63, 3.8) is 0 Å². The van der Waals surface area contributed by atoms with Crippen LogP contribution in [0.2, 0.25) is 0 Å². The summed E-state index contributed by atoms with van der Waals surface area (Å²) in [5.74, 6) is 0.0767. The van der Waals surface area contributed by atoms with Crippen molar-refractivity contribution >= 4 is 15.9 Å². The minimum absolute atomic E-state index is 0.162. The van der Waals surface area contributed by atoms with Gasteiger partial charge in [-0.25, -0.2) is 17.4 Å². The third kappa shape index (κ3) is 3.61. The van der Waals surface area contributed by atoms with Crippen molar-refractivity contribution in [1.82, 2.24) is 24.1 Å². The van der Waals surface area contributed by atoms with Crippen LogP contribution < -0.4 is 5.32 Å². The van der Waals surface area contributed by atoms with E-state index >= 15 is 0 Å². The zero-order valence-corrected chi connectivity index (χ0v) is 14.6. The van der Waals surface area contributed by atoms with Gasteiger partial charge in [0.15, 0.2) is 5.82 Å². The van der Waals surface area contributed by atoms with E-state index in [1.165, 1.54) is 41.6 Å². The van der Waals surface area contributed by atoms with Crippen molar-refractivity contribution in [3.05, 3.63) is 66.0 Å². The first-order valence-electron chi connectivity index (χ1n) is 7.49. The second-order valence-electron chi connectivity index (χ2n) is 5.57. The molecule has 0 saturated heterocycles. The number of carbonyl (C=O) groups is 1. The Morgan fingerprint density at radius 1 is 1.20 bits per heavy atom. The van der Waals surface area contributed by atoms with Gasteiger partial charge in [-0.2, -0.15) is 5.10 Å². The van der Waals surface area contributed by atoms with Gasteiger partial charge in [-0.15, -0.1) is 0 Å². The predicted molar refractivity (Wildman–Crippen MR) is 90.4 cm³/mol. The number of aromatic nitrogens is 4. The Kier molecular flexibility index (Phi) is 4.41. The van der Waals surface area contributed by atoms with Crippen molar-refractivity contribution in [2.75, 3.05) is 0 Å². The third-order valence-corrected chi connectivity index (χ3v) is 5.23. The predicted octanol–water partition coefficient (Wildman–Crippen LogP) is 1.09. The number of nitrogens with one attached hydrogen (secondary N) is 1. The number of benzene rings is 1. The van der Waals surface area contributed by atoms with Crippen molar-refractivity contribution in [1.29, 1.82) is 0 Å². The minimum atomic E-state index is -3.72. The molecule has 0 aliphatic carbocycles. The van der Waals surface area contributed by atoms with Crippen LogP contribution in [0.4, 0.5) is 0 Å². The van der Waals surface area contributed by atoms with E-state index in [1.54, 1.807) is 19.2 Å². The van der Waals surface area contributed by atoms with Crippen LogP contribution >= 0.6 is 0 Å². The molecular weight excluding hydrogens is 342 g/mol. The van der Waals surface area contributed by atoms with E-state index in [-0.39, 0.29) is 17.0 Å². The molecule has 0 aliphatic rings. The van der Waals surface area contributed by atoms with Gasteiger partial charge in [-0.3, -0.25) is 9.48 Å². The van der Waals surface area contributed by atoms with Gasteiger partial charge in [-0.1, -0.05) is 17.7 Å². The van der Waals surface area contributed by atoms with Crippen molar-refractivity contribution in [2.24, 2.45) is 7.05 Å². The quantitative estimate of drug-likeness (QED) is 0.735. The summed E-state index contributed by atoms with van der Waals surface area (Å²) in [5, 5.41) is 6.71. The summed E-state index contributed by atoms with van der Waals surface area (Å²) in [7, 11) is -1.99. The lowest BCUT2D eigenvalue weighted by Gasteiger charge is -2.06. The Hall–Kier alpha value is -2.94. The zero-order valence-electron chi connectivity index (χ0n) is 13.7. The van der Waals surface area contributed by atoms with Gasteiger partial charge in [0, 0.05) is 19.4 Å². The molecule has 0 saturated carbocycles. The molecule has 0 unspecified atom stereocenters. The fraction of sp³-hybridized carbons (Fsp3) is 0.188. The van der Waals surface area contributed by atoms with Crippen LogP contribution in [0, 0.1) is 6.92 Å². The molecule has 3 aromatic rings. The molecule has 0 spiro atoms. The van der Waals surface area contributed by atoms with Crippen molar-refractivity contribution in [3.8, 4) is 0 Å². The number of hydrogen-bond donors (Lipinski definition) is 1. The maximum absolute atomic E-state index is 12.6. The Morgan fingerprint density at radius 3 is 2.56 bits per heavy atom. The Balaban J connectivity index is 1.75. The summed E-state index contributed by atoms with van der Waals surface area (Å²) in [5.41, 5.74) is 1.21. The van der Waals surface area contributed by atoms with Crippen LogP contribution in [0.25, 0.3) is 0 Å². The highest BCUT2D eigenvalue weighted by Crippen LogP contribution is 2.16. The average molecular weight is 359 g/mol. The van der Waals surface area contributed by atoms with Crippen LogP contribution in [0.5, 0.6) is 0 Å². The summed E-state index contributed by atoms with van der Waals surface area (Å²) in [4.78, 5) is 16.3. The summed E-state index contributed by atoms with van der Waals surface area (Å²) in [6.07, 6.45) is 4.17. The molecule has 8 nitrogen and oxygen atoms in total. The number of rotatable bonds is 5. The molecular formula is C16H17N5O3S. The van der Waals surface area contributed by atoms with Crippen LogP contribution in [0.15, 0.2) is 53.9 Å². The number of nitrogens with zero attached hydrogens (tertiary/aromatic N) is 4. The molecule has 1 amide bonds. The van der Waals surface area contributed by atoms with E-state index in [4.69, 9.17) is 0 Å². The largest absolute Gasteiger partial charge is 0.345 e. The fourth-order valence-electron chi connectivity index (χ4n) is 2.22. The highest BCUT2D eigenvalue weighted by Gasteiger charge is 2.18. The number of carbonyl (C=O) groups excluding carboxylic acids is 1. The van der Waals surface area contributed by atoms with E-state index in [1.807, 2.05) is 6.92 Å².